The topological polar surface area (TPSA) is 38.0 Å². The number of halogens is 1. The van der Waals surface area contributed by atoms with E-state index in [4.69, 9.17) is 11.6 Å². The van der Waals surface area contributed by atoms with Crippen LogP contribution in [0.2, 0.25) is 5.02 Å². The van der Waals surface area contributed by atoms with E-state index in [0.717, 1.165) is 23.4 Å². The number of aliphatic hydroxyl groups excluding tert-OH is 1. The maximum Gasteiger partial charge on any atom is 0.0850 e. The molecular weight excluding hydrogens is 284 g/mol. The van der Waals surface area contributed by atoms with Gasteiger partial charge in [0.1, 0.15) is 0 Å². The van der Waals surface area contributed by atoms with Crippen LogP contribution >= 0.6 is 11.6 Å². The molecule has 0 amide bonds. The highest BCUT2D eigenvalue weighted by molar-refractivity contribution is 6.31. The summed E-state index contributed by atoms with van der Waals surface area (Å²) in [7, 11) is 1.87. The van der Waals surface area contributed by atoms with Crippen LogP contribution in [0.4, 0.5) is 0 Å². The minimum atomic E-state index is -0.566. The molecule has 1 aromatic heterocycles. The third-order valence-electron chi connectivity index (χ3n) is 3.88. The van der Waals surface area contributed by atoms with Gasteiger partial charge in [-0.2, -0.15) is 5.10 Å². The molecule has 21 heavy (non-hydrogen) atoms. The zero-order valence-electron chi connectivity index (χ0n) is 13.1. The van der Waals surface area contributed by atoms with E-state index in [-0.39, 0.29) is 0 Å². The summed E-state index contributed by atoms with van der Waals surface area (Å²) in [6.07, 6.45) is 0.707. The van der Waals surface area contributed by atoms with Crippen molar-refractivity contribution in [3.05, 3.63) is 51.8 Å². The summed E-state index contributed by atoms with van der Waals surface area (Å²) in [5.41, 5.74) is 3.96. The molecule has 0 aliphatic carbocycles. The van der Waals surface area contributed by atoms with Gasteiger partial charge in [0.15, 0.2) is 0 Å². The van der Waals surface area contributed by atoms with Crippen molar-refractivity contribution in [3.8, 4) is 0 Å². The molecule has 1 heterocycles. The number of aryl methyl sites for hydroxylation is 2. The van der Waals surface area contributed by atoms with Crippen LogP contribution in [0.3, 0.4) is 0 Å². The Balaban J connectivity index is 2.18. The Kier molecular flexibility index (Phi) is 5.07. The van der Waals surface area contributed by atoms with Gasteiger partial charge in [-0.25, -0.2) is 0 Å². The highest BCUT2D eigenvalue weighted by Crippen LogP contribution is 2.27. The van der Waals surface area contributed by atoms with Crippen molar-refractivity contribution in [2.75, 3.05) is 0 Å². The Labute approximate surface area is 131 Å². The van der Waals surface area contributed by atoms with Crippen molar-refractivity contribution in [2.45, 2.75) is 45.6 Å². The van der Waals surface area contributed by atoms with Crippen molar-refractivity contribution in [1.82, 2.24) is 9.78 Å². The smallest absolute Gasteiger partial charge is 0.0850 e. The van der Waals surface area contributed by atoms with E-state index in [9.17, 15) is 5.11 Å². The van der Waals surface area contributed by atoms with Crippen molar-refractivity contribution in [3.63, 3.8) is 0 Å². The monoisotopic (exact) mass is 306 g/mol. The molecule has 1 atom stereocenters. The summed E-state index contributed by atoms with van der Waals surface area (Å²) in [6, 6.07) is 8.13. The first-order valence-electron chi connectivity index (χ1n) is 7.42. The summed E-state index contributed by atoms with van der Waals surface area (Å²) < 4.78 is 1.77. The van der Waals surface area contributed by atoms with Crippen molar-refractivity contribution < 1.29 is 5.11 Å². The lowest BCUT2D eigenvalue weighted by atomic mass is 9.98. The van der Waals surface area contributed by atoms with Gasteiger partial charge in [0.25, 0.3) is 0 Å². The Morgan fingerprint density at radius 1 is 1.19 bits per heavy atom. The van der Waals surface area contributed by atoms with Gasteiger partial charge < -0.3 is 5.11 Å². The van der Waals surface area contributed by atoms with Crippen molar-refractivity contribution >= 4 is 11.6 Å². The van der Waals surface area contributed by atoms with E-state index in [0.29, 0.717) is 17.4 Å². The van der Waals surface area contributed by atoms with E-state index in [2.05, 4.69) is 31.1 Å². The van der Waals surface area contributed by atoms with Gasteiger partial charge >= 0.3 is 0 Å². The van der Waals surface area contributed by atoms with E-state index in [1.807, 2.05) is 26.1 Å². The van der Waals surface area contributed by atoms with Crippen LogP contribution < -0.4 is 0 Å². The van der Waals surface area contributed by atoms with Gasteiger partial charge in [-0.3, -0.25) is 4.68 Å². The summed E-state index contributed by atoms with van der Waals surface area (Å²) >= 11 is 6.33. The minimum Gasteiger partial charge on any atom is -0.388 e. The lowest BCUT2D eigenvalue weighted by Gasteiger charge is -2.13. The van der Waals surface area contributed by atoms with Gasteiger partial charge in [-0.05, 0) is 23.5 Å². The summed E-state index contributed by atoms with van der Waals surface area (Å²) in [6.45, 7) is 6.35. The first-order valence-corrected chi connectivity index (χ1v) is 7.80. The number of hydrogen-bond acceptors (Lipinski definition) is 2. The second kappa shape index (κ2) is 6.63. The average Bonchev–Trinajstić information content (AvgIpc) is 2.74. The molecule has 0 saturated heterocycles. The third-order valence-corrected chi connectivity index (χ3v) is 4.31. The highest BCUT2D eigenvalue weighted by atomic mass is 35.5. The molecule has 0 aliphatic heterocycles. The van der Waals surface area contributed by atoms with Gasteiger partial charge in [0.05, 0.1) is 22.5 Å². The predicted molar refractivity (Wildman–Crippen MR) is 86.8 cm³/mol. The molecule has 0 fully saturated rings. The molecule has 0 saturated carbocycles. The maximum atomic E-state index is 10.4. The van der Waals surface area contributed by atoms with Gasteiger partial charge in [0, 0.05) is 13.5 Å². The standard InChI is InChI=1S/C17H23ClN2O/c1-5-14-17(18)15(20(4)19-14)10-16(21)13-8-6-12(7-9-13)11(2)3/h6-9,11,16,21H,5,10H2,1-4H3. The summed E-state index contributed by atoms with van der Waals surface area (Å²) in [5.74, 6) is 0.495. The lowest BCUT2D eigenvalue weighted by Crippen LogP contribution is -2.07. The number of benzene rings is 1. The fraction of sp³-hybridized carbons (Fsp3) is 0.471. The highest BCUT2D eigenvalue weighted by Gasteiger charge is 2.17. The molecule has 114 valence electrons. The quantitative estimate of drug-likeness (QED) is 0.905. The molecular formula is C17H23ClN2O. The molecule has 2 rings (SSSR count). The number of aliphatic hydroxyl groups is 1. The molecule has 2 aromatic rings. The number of rotatable bonds is 5. The zero-order chi connectivity index (χ0) is 15.6. The predicted octanol–water partition coefficient (Wildman–Crippen LogP) is 4.04. The molecule has 0 aliphatic rings. The molecule has 0 radical (unpaired) electrons. The van der Waals surface area contributed by atoms with E-state index in [1.54, 1.807) is 4.68 Å². The van der Waals surface area contributed by atoms with Crippen LogP contribution in [-0.4, -0.2) is 14.9 Å². The van der Waals surface area contributed by atoms with Gasteiger partial charge in [0.2, 0.25) is 0 Å². The molecule has 0 spiro atoms. The third kappa shape index (κ3) is 3.47. The maximum absolute atomic E-state index is 10.4. The second-order valence-corrected chi connectivity index (χ2v) is 6.10. The number of aromatic nitrogens is 2. The van der Waals surface area contributed by atoms with Crippen LogP contribution in [0.1, 0.15) is 55.3 Å². The summed E-state index contributed by atoms with van der Waals surface area (Å²) in [5, 5.41) is 15.5. The normalized spacial score (nSPS) is 12.9. The largest absolute Gasteiger partial charge is 0.388 e. The van der Waals surface area contributed by atoms with Crippen LogP contribution in [0.5, 0.6) is 0 Å². The second-order valence-electron chi connectivity index (χ2n) is 5.73. The fourth-order valence-corrected chi connectivity index (χ4v) is 2.82. The van der Waals surface area contributed by atoms with Crippen molar-refractivity contribution in [1.29, 1.82) is 0 Å². The van der Waals surface area contributed by atoms with Crippen LogP contribution in [0, 0.1) is 0 Å². The van der Waals surface area contributed by atoms with Gasteiger partial charge in [-0.1, -0.05) is 56.6 Å². The SMILES string of the molecule is CCc1nn(C)c(CC(O)c2ccc(C(C)C)cc2)c1Cl. The Bertz CT molecular complexity index is 602. The molecule has 4 heteroatoms. The van der Waals surface area contributed by atoms with Gasteiger partial charge in [-0.15, -0.1) is 0 Å². The van der Waals surface area contributed by atoms with Crippen molar-refractivity contribution in [2.24, 2.45) is 7.05 Å². The summed E-state index contributed by atoms with van der Waals surface area (Å²) in [4.78, 5) is 0. The van der Waals surface area contributed by atoms with E-state index in [1.165, 1.54) is 5.56 Å². The van der Waals surface area contributed by atoms with E-state index >= 15 is 0 Å². The fourth-order valence-electron chi connectivity index (χ4n) is 2.45. The Hall–Kier alpha value is -1.32. The Morgan fingerprint density at radius 3 is 2.24 bits per heavy atom. The number of hydrogen-bond donors (Lipinski definition) is 1. The number of nitrogens with zero attached hydrogens (tertiary/aromatic N) is 2. The molecule has 1 aromatic carbocycles. The Morgan fingerprint density at radius 2 is 1.76 bits per heavy atom. The van der Waals surface area contributed by atoms with Crippen LogP contribution in [0.15, 0.2) is 24.3 Å². The van der Waals surface area contributed by atoms with Crippen LogP contribution in [-0.2, 0) is 19.9 Å². The molecule has 1 unspecified atom stereocenters. The zero-order valence-corrected chi connectivity index (χ0v) is 13.9. The molecule has 0 bridgehead atoms. The molecule has 3 nitrogen and oxygen atoms in total. The van der Waals surface area contributed by atoms with Crippen LogP contribution in [0.25, 0.3) is 0 Å². The van der Waals surface area contributed by atoms with E-state index < -0.39 is 6.10 Å². The molecule has 1 N–H and O–H groups in total. The minimum absolute atomic E-state index is 0.476. The first kappa shape index (κ1) is 16.1. The average molecular weight is 307 g/mol. The lowest BCUT2D eigenvalue weighted by molar-refractivity contribution is 0.176. The first-order chi connectivity index (χ1) is 9.93.